The lowest BCUT2D eigenvalue weighted by molar-refractivity contribution is -0.384. The molecule has 8 nitrogen and oxygen atoms in total. The number of nitrogens with one attached hydrogen (secondary N) is 1. The number of hydrogen-bond acceptors (Lipinski definition) is 6. The van der Waals surface area contributed by atoms with Crippen LogP contribution in [0.5, 0.6) is 5.75 Å². The molecule has 5 rings (SSSR count). The molecular weight excluding hydrogens is 487 g/mol. The maximum atomic E-state index is 13.5. The average Bonchev–Trinajstić information content (AvgIpc) is 2.93. The van der Waals surface area contributed by atoms with Crippen molar-refractivity contribution in [1.82, 2.24) is 10.2 Å². The molecule has 1 N–H and O–H groups in total. The highest BCUT2D eigenvalue weighted by Gasteiger charge is 2.41. The van der Waals surface area contributed by atoms with Gasteiger partial charge in [0, 0.05) is 50.5 Å². The molecule has 2 atom stereocenters. The van der Waals surface area contributed by atoms with E-state index in [1.165, 1.54) is 18.2 Å². The van der Waals surface area contributed by atoms with E-state index in [-0.39, 0.29) is 29.4 Å². The lowest BCUT2D eigenvalue weighted by Crippen LogP contribution is -2.61. The van der Waals surface area contributed by atoms with Gasteiger partial charge in [0.25, 0.3) is 5.69 Å². The van der Waals surface area contributed by atoms with Crippen molar-refractivity contribution in [3.8, 4) is 5.75 Å². The van der Waals surface area contributed by atoms with Crippen LogP contribution in [0.25, 0.3) is 0 Å². The summed E-state index contributed by atoms with van der Waals surface area (Å²) < 4.78 is 18.6. The second-order valence-electron chi connectivity index (χ2n) is 9.89. The third-order valence-corrected chi connectivity index (χ3v) is 7.52. The zero-order valence-electron chi connectivity index (χ0n) is 21.3. The third kappa shape index (κ3) is 5.62. The van der Waals surface area contributed by atoms with E-state index in [4.69, 9.17) is 4.74 Å². The highest BCUT2D eigenvalue weighted by Crippen LogP contribution is 2.38. The Morgan fingerprint density at radius 2 is 1.82 bits per heavy atom. The van der Waals surface area contributed by atoms with Crippen molar-refractivity contribution < 1.29 is 18.8 Å². The van der Waals surface area contributed by atoms with Crippen LogP contribution in [0.3, 0.4) is 0 Å². The van der Waals surface area contributed by atoms with Crippen LogP contribution in [-0.2, 0) is 24.2 Å². The fraction of sp³-hybridized carbons (Fsp3) is 0.345. The summed E-state index contributed by atoms with van der Waals surface area (Å²) in [5.74, 6) is 0.129. The molecule has 198 valence electrons. The van der Waals surface area contributed by atoms with Gasteiger partial charge in [-0.15, -0.1) is 0 Å². The van der Waals surface area contributed by atoms with E-state index in [2.05, 4.69) is 15.1 Å². The van der Waals surface area contributed by atoms with Crippen LogP contribution in [0.1, 0.15) is 16.7 Å². The van der Waals surface area contributed by atoms with Gasteiger partial charge in [-0.1, -0.05) is 24.3 Å². The molecule has 0 spiro atoms. The fourth-order valence-electron chi connectivity index (χ4n) is 5.53. The Bertz CT molecular complexity index is 1300. The standard InChI is InChI=1S/C29H31FN4O4/c1-38-25-9-4-20(5-10-25)12-13-31-29(35)26-17-22-16-24(34(36)37)8-11-27(22)33-15-14-32(19-28(26)33)18-21-2-6-23(30)7-3-21/h2-11,16,26,28H,12-15,17-19H2,1H3,(H,31,35)/t26-,28+/m1/s1. The number of amides is 1. The number of hydrogen-bond donors (Lipinski definition) is 1. The highest BCUT2D eigenvalue weighted by molar-refractivity contribution is 5.82. The minimum Gasteiger partial charge on any atom is -0.497 e. The minimum atomic E-state index is -0.392. The van der Waals surface area contributed by atoms with Crippen molar-refractivity contribution in [3.05, 3.63) is 99.4 Å². The van der Waals surface area contributed by atoms with Gasteiger partial charge in [-0.25, -0.2) is 4.39 Å². The van der Waals surface area contributed by atoms with Crippen molar-refractivity contribution in [3.63, 3.8) is 0 Å². The number of piperazine rings is 1. The van der Waals surface area contributed by atoms with Crippen molar-refractivity contribution in [2.24, 2.45) is 5.92 Å². The molecule has 0 saturated carbocycles. The highest BCUT2D eigenvalue weighted by atomic mass is 19.1. The first-order valence-corrected chi connectivity index (χ1v) is 12.8. The minimum absolute atomic E-state index is 0.0378. The SMILES string of the molecule is COc1ccc(CCNC(=O)[C@@H]2Cc3cc([N+](=O)[O-])ccc3N3CCN(Cc4ccc(F)cc4)C[C@@H]23)cc1. The average molecular weight is 519 g/mol. The first kappa shape index (κ1) is 25.7. The van der Waals surface area contributed by atoms with Crippen molar-refractivity contribution in [1.29, 1.82) is 0 Å². The first-order valence-electron chi connectivity index (χ1n) is 12.8. The Kier molecular flexibility index (Phi) is 7.55. The number of ether oxygens (including phenoxy) is 1. The Labute approximate surface area is 221 Å². The number of nitro groups is 1. The fourth-order valence-corrected chi connectivity index (χ4v) is 5.53. The van der Waals surface area contributed by atoms with Gasteiger partial charge in [-0.2, -0.15) is 0 Å². The quantitative estimate of drug-likeness (QED) is 0.359. The summed E-state index contributed by atoms with van der Waals surface area (Å²) in [5.41, 5.74) is 3.95. The Morgan fingerprint density at radius 3 is 2.53 bits per heavy atom. The molecule has 3 aromatic carbocycles. The van der Waals surface area contributed by atoms with Crippen LogP contribution >= 0.6 is 0 Å². The van der Waals surface area contributed by atoms with Crippen LogP contribution in [0.2, 0.25) is 0 Å². The van der Waals surface area contributed by atoms with Gasteiger partial charge in [0.15, 0.2) is 0 Å². The number of benzene rings is 3. The summed E-state index contributed by atoms with van der Waals surface area (Å²) in [7, 11) is 1.63. The molecule has 0 radical (unpaired) electrons. The lowest BCUT2D eigenvalue weighted by atomic mass is 9.83. The first-order chi connectivity index (χ1) is 18.4. The molecule has 9 heteroatoms. The number of nitrogens with zero attached hydrogens (tertiary/aromatic N) is 3. The molecule has 2 heterocycles. The smallest absolute Gasteiger partial charge is 0.269 e. The Hall–Kier alpha value is -3.98. The topological polar surface area (TPSA) is 87.9 Å². The molecule has 0 bridgehead atoms. The summed E-state index contributed by atoms with van der Waals surface area (Å²) in [5, 5.41) is 14.5. The van der Waals surface area contributed by atoms with Gasteiger partial charge in [0.1, 0.15) is 11.6 Å². The molecular formula is C29H31FN4O4. The van der Waals surface area contributed by atoms with Gasteiger partial charge in [-0.3, -0.25) is 19.8 Å². The number of nitro benzene ring substituents is 1. The Morgan fingerprint density at radius 1 is 1.08 bits per heavy atom. The Balaban J connectivity index is 1.32. The van der Waals surface area contributed by atoms with E-state index in [9.17, 15) is 19.3 Å². The molecule has 1 amide bonds. The predicted molar refractivity (Wildman–Crippen MR) is 143 cm³/mol. The van der Waals surface area contributed by atoms with E-state index in [1.54, 1.807) is 25.3 Å². The van der Waals surface area contributed by atoms with Gasteiger partial charge >= 0.3 is 0 Å². The van der Waals surface area contributed by atoms with Crippen LogP contribution in [-0.4, -0.2) is 55.1 Å². The van der Waals surface area contributed by atoms with Crippen LogP contribution in [0, 0.1) is 21.8 Å². The number of halogens is 1. The number of carbonyl (C=O) groups excluding carboxylic acids is 1. The van der Waals surface area contributed by atoms with Gasteiger partial charge < -0.3 is 15.0 Å². The van der Waals surface area contributed by atoms with Crippen LogP contribution < -0.4 is 15.0 Å². The number of non-ortho nitro benzene ring substituents is 1. The van der Waals surface area contributed by atoms with E-state index in [0.717, 1.165) is 34.7 Å². The summed E-state index contributed by atoms with van der Waals surface area (Å²) in [6.07, 6.45) is 1.13. The van der Waals surface area contributed by atoms with E-state index < -0.39 is 4.92 Å². The molecule has 0 aromatic heterocycles. The number of anilines is 1. The second kappa shape index (κ2) is 11.2. The summed E-state index contributed by atoms with van der Waals surface area (Å²) in [6.45, 7) is 3.31. The van der Waals surface area contributed by atoms with E-state index >= 15 is 0 Å². The van der Waals surface area contributed by atoms with Crippen molar-refractivity contribution in [2.45, 2.75) is 25.4 Å². The maximum absolute atomic E-state index is 13.5. The van der Waals surface area contributed by atoms with Crippen LogP contribution in [0.4, 0.5) is 15.8 Å². The lowest BCUT2D eigenvalue weighted by Gasteiger charge is -2.49. The predicted octanol–water partition coefficient (Wildman–Crippen LogP) is 3.96. The normalized spacial score (nSPS) is 18.8. The van der Waals surface area contributed by atoms with Gasteiger partial charge in [0.2, 0.25) is 5.91 Å². The molecule has 1 saturated heterocycles. The number of fused-ring (bicyclic) bond motifs is 3. The molecule has 0 unspecified atom stereocenters. The zero-order valence-corrected chi connectivity index (χ0v) is 21.3. The largest absolute Gasteiger partial charge is 0.497 e. The maximum Gasteiger partial charge on any atom is 0.269 e. The summed E-state index contributed by atoms with van der Waals surface area (Å²) in [4.78, 5) is 29.1. The molecule has 2 aliphatic rings. The zero-order chi connectivity index (χ0) is 26.6. The van der Waals surface area contributed by atoms with Crippen molar-refractivity contribution >= 4 is 17.3 Å². The molecule has 0 aliphatic carbocycles. The summed E-state index contributed by atoms with van der Waals surface area (Å²) in [6, 6.07) is 19.2. The van der Waals surface area contributed by atoms with E-state index in [0.29, 0.717) is 39.0 Å². The molecule has 1 fully saturated rings. The van der Waals surface area contributed by atoms with Gasteiger partial charge in [0.05, 0.1) is 24.0 Å². The monoisotopic (exact) mass is 518 g/mol. The van der Waals surface area contributed by atoms with Crippen molar-refractivity contribution in [2.75, 3.05) is 38.2 Å². The third-order valence-electron chi connectivity index (χ3n) is 7.52. The molecule has 38 heavy (non-hydrogen) atoms. The van der Waals surface area contributed by atoms with Gasteiger partial charge in [-0.05, 0) is 59.9 Å². The number of methoxy groups -OCH3 is 1. The number of rotatable bonds is 8. The summed E-state index contributed by atoms with van der Waals surface area (Å²) >= 11 is 0. The number of carbonyl (C=O) groups is 1. The molecule has 3 aromatic rings. The molecule has 2 aliphatic heterocycles. The van der Waals surface area contributed by atoms with E-state index in [1.807, 2.05) is 30.3 Å². The second-order valence-corrected chi connectivity index (χ2v) is 9.89. The van der Waals surface area contributed by atoms with Crippen LogP contribution in [0.15, 0.2) is 66.7 Å².